The normalized spacial score (nSPS) is 19.5. The van der Waals surface area contributed by atoms with Gasteiger partial charge in [-0.25, -0.2) is 8.42 Å². The van der Waals surface area contributed by atoms with Crippen molar-refractivity contribution in [3.63, 3.8) is 0 Å². The summed E-state index contributed by atoms with van der Waals surface area (Å²) in [5.41, 5.74) is 6.07. The zero-order valence-electron chi connectivity index (χ0n) is 11.3. The van der Waals surface area contributed by atoms with E-state index in [0.717, 1.165) is 18.7 Å². The van der Waals surface area contributed by atoms with Crippen LogP contribution in [0.3, 0.4) is 0 Å². The number of nitrogens with two attached hydrogens (primary N) is 1. The fourth-order valence-corrected chi connectivity index (χ4v) is 3.31. The highest BCUT2D eigenvalue weighted by Crippen LogP contribution is 2.29. The van der Waals surface area contributed by atoms with Gasteiger partial charge in [0, 0.05) is 12.3 Å². The Morgan fingerprint density at radius 3 is 2.74 bits per heavy atom. The molecule has 0 aliphatic heterocycles. The Morgan fingerprint density at radius 2 is 2.11 bits per heavy atom. The standard InChI is InChI=1S/C12H22N4O2S/c1-19(17,18)8-7-11(13)12-15-14-9-16(12)10-5-3-2-4-6-10/h9-11H,2-8,13H2,1H3. The van der Waals surface area contributed by atoms with Crippen molar-refractivity contribution in [3.8, 4) is 0 Å². The van der Waals surface area contributed by atoms with Crippen LogP contribution in [0.1, 0.15) is 56.4 Å². The van der Waals surface area contributed by atoms with Crippen molar-refractivity contribution in [1.82, 2.24) is 14.8 Å². The SMILES string of the molecule is CS(=O)(=O)CCC(N)c1nncn1C1CCCCC1. The summed E-state index contributed by atoms with van der Waals surface area (Å²) >= 11 is 0. The molecule has 1 aliphatic rings. The first-order valence-electron chi connectivity index (χ1n) is 6.80. The van der Waals surface area contributed by atoms with Crippen LogP contribution in [-0.4, -0.2) is 35.2 Å². The molecule has 0 saturated heterocycles. The minimum absolute atomic E-state index is 0.0890. The number of sulfone groups is 1. The van der Waals surface area contributed by atoms with E-state index in [0.29, 0.717) is 12.5 Å². The van der Waals surface area contributed by atoms with Crippen LogP contribution in [-0.2, 0) is 9.84 Å². The Hall–Kier alpha value is -0.950. The second-order valence-electron chi connectivity index (χ2n) is 5.41. The largest absolute Gasteiger partial charge is 0.321 e. The van der Waals surface area contributed by atoms with Crippen LogP contribution < -0.4 is 5.73 Å². The molecule has 0 spiro atoms. The monoisotopic (exact) mass is 286 g/mol. The first-order valence-corrected chi connectivity index (χ1v) is 8.86. The lowest BCUT2D eigenvalue weighted by Gasteiger charge is -2.25. The Morgan fingerprint density at radius 1 is 1.42 bits per heavy atom. The van der Waals surface area contributed by atoms with E-state index in [1.165, 1.54) is 25.5 Å². The van der Waals surface area contributed by atoms with Gasteiger partial charge in [-0.2, -0.15) is 0 Å². The molecule has 2 rings (SSSR count). The van der Waals surface area contributed by atoms with E-state index in [1.807, 2.05) is 4.57 Å². The first kappa shape index (κ1) is 14.5. The molecular formula is C12H22N4O2S. The van der Waals surface area contributed by atoms with E-state index in [4.69, 9.17) is 5.73 Å². The van der Waals surface area contributed by atoms with Crippen molar-refractivity contribution in [2.45, 2.75) is 50.6 Å². The molecule has 1 aromatic heterocycles. The smallest absolute Gasteiger partial charge is 0.150 e. The van der Waals surface area contributed by atoms with Crippen LogP contribution in [0.5, 0.6) is 0 Å². The highest BCUT2D eigenvalue weighted by atomic mass is 32.2. The van der Waals surface area contributed by atoms with Crippen LogP contribution in [0.4, 0.5) is 0 Å². The molecule has 19 heavy (non-hydrogen) atoms. The van der Waals surface area contributed by atoms with Gasteiger partial charge in [-0.1, -0.05) is 19.3 Å². The van der Waals surface area contributed by atoms with E-state index in [1.54, 1.807) is 6.33 Å². The average Bonchev–Trinajstić information content (AvgIpc) is 2.85. The quantitative estimate of drug-likeness (QED) is 0.878. The Balaban J connectivity index is 2.05. The maximum atomic E-state index is 11.2. The zero-order valence-corrected chi connectivity index (χ0v) is 12.1. The van der Waals surface area contributed by atoms with E-state index in [-0.39, 0.29) is 11.8 Å². The topological polar surface area (TPSA) is 90.9 Å². The summed E-state index contributed by atoms with van der Waals surface area (Å²) in [6, 6.07) is 0.0576. The van der Waals surface area contributed by atoms with Crippen molar-refractivity contribution < 1.29 is 8.42 Å². The molecule has 6 nitrogen and oxygen atoms in total. The van der Waals surface area contributed by atoms with Gasteiger partial charge in [0.25, 0.3) is 0 Å². The number of aromatic nitrogens is 3. The Bertz CT molecular complexity index is 506. The van der Waals surface area contributed by atoms with Gasteiger partial charge in [-0.05, 0) is 19.3 Å². The molecule has 1 atom stereocenters. The van der Waals surface area contributed by atoms with Gasteiger partial charge >= 0.3 is 0 Å². The third-order valence-corrected chi connectivity index (χ3v) is 4.68. The van der Waals surface area contributed by atoms with E-state index in [2.05, 4.69) is 10.2 Å². The molecule has 1 aromatic rings. The summed E-state index contributed by atoms with van der Waals surface area (Å²) < 4.78 is 24.4. The number of nitrogens with zero attached hydrogens (tertiary/aromatic N) is 3. The van der Waals surface area contributed by atoms with Crippen molar-refractivity contribution in [1.29, 1.82) is 0 Å². The van der Waals surface area contributed by atoms with E-state index in [9.17, 15) is 8.42 Å². The second kappa shape index (κ2) is 6.00. The molecule has 7 heteroatoms. The van der Waals surface area contributed by atoms with Crippen molar-refractivity contribution in [3.05, 3.63) is 12.2 Å². The van der Waals surface area contributed by atoms with Crippen molar-refractivity contribution >= 4 is 9.84 Å². The second-order valence-corrected chi connectivity index (χ2v) is 7.67. The lowest BCUT2D eigenvalue weighted by molar-refractivity contribution is 0.339. The van der Waals surface area contributed by atoms with Gasteiger partial charge in [0.15, 0.2) is 0 Å². The average molecular weight is 286 g/mol. The van der Waals surface area contributed by atoms with Crippen molar-refractivity contribution in [2.75, 3.05) is 12.0 Å². The molecule has 1 fully saturated rings. The van der Waals surface area contributed by atoms with Crippen LogP contribution in [0, 0.1) is 0 Å². The van der Waals surface area contributed by atoms with E-state index < -0.39 is 9.84 Å². The Kier molecular flexibility index (Phi) is 4.57. The van der Waals surface area contributed by atoms with Gasteiger partial charge in [0.2, 0.25) is 0 Å². The van der Waals surface area contributed by atoms with Gasteiger partial charge < -0.3 is 10.3 Å². The molecule has 1 aliphatic carbocycles. The molecule has 0 amide bonds. The molecule has 108 valence electrons. The molecule has 0 radical (unpaired) electrons. The summed E-state index contributed by atoms with van der Waals surface area (Å²) in [7, 11) is -2.99. The highest BCUT2D eigenvalue weighted by molar-refractivity contribution is 7.90. The zero-order chi connectivity index (χ0) is 13.9. The molecule has 1 heterocycles. The fraction of sp³-hybridized carbons (Fsp3) is 0.833. The Labute approximate surface area is 114 Å². The van der Waals surface area contributed by atoms with Crippen LogP contribution in [0.2, 0.25) is 0 Å². The molecule has 0 bridgehead atoms. The van der Waals surface area contributed by atoms with Gasteiger partial charge in [0.05, 0.1) is 11.8 Å². The van der Waals surface area contributed by atoms with Gasteiger partial charge in [0.1, 0.15) is 22.0 Å². The van der Waals surface area contributed by atoms with E-state index >= 15 is 0 Å². The number of rotatable bonds is 5. The first-order chi connectivity index (χ1) is 8.97. The van der Waals surface area contributed by atoms with Crippen LogP contribution in [0.25, 0.3) is 0 Å². The predicted molar refractivity (Wildman–Crippen MR) is 73.4 cm³/mol. The molecule has 1 unspecified atom stereocenters. The lowest BCUT2D eigenvalue weighted by atomic mass is 9.95. The van der Waals surface area contributed by atoms with Crippen LogP contribution in [0.15, 0.2) is 6.33 Å². The molecular weight excluding hydrogens is 264 g/mol. The summed E-state index contributed by atoms with van der Waals surface area (Å²) in [4.78, 5) is 0. The minimum atomic E-state index is -2.99. The molecule has 2 N–H and O–H groups in total. The predicted octanol–water partition coefficient (Wildman–Crippen LogP) is 1.22. The number of hydrogen-bond donors (Lipinski definition) is 1. The highest BCUT2D eigenvalue weighted by Gasteiger charge is 2.22. The summed E-state index contributed by atoms with van der Waals surface area (Å²) in [6.07, 6.45) is 9.34. The molecule has 1 saturated carbocycles. The third-order valence-electron chi connectivity index (χ3n) is 3.70. The molecule has 0 aromatic carbocycles. The van der Waals surface area contributed by atoms with Crippen LogP contribution >= 0.6 is 0 Å². The summed E-state index contributed by atoms with van der Waals surface area (Å²) in [5.74, 6) is 0.807. The summed E-state index contributed by atoms with van der Waals surface area (Å²) in [5, 5.41) is 8.03. The summed E-state index contributed by atoms with van der Waals surface area (Å²) in [6.45, 7) is 0. The minimum Gasteiger partial charge on any atom is -0.321 e. The fourth-order valence-electron chi connectivity index (χ4n) is 2.63. The maximum absolute atomic E-state index is 11.2. The lowest BCUT2D eigenvalue weighted by Crippen LogP contribution is -2.23. The third kappa shape index (κ3) is 4.01. The van der Waals surface area contributed by atoms with Gasteiger partial charge in [-0.15, -0.1) is 10.2 Å². The number of hydrogen-bond acceptors (Lipinski definition) is 5. The van der Waals surface area contributed by atoms with Gasteiger partial charge in [-0.3, -0.25) is 0 Å². The maximum Gasteiger partial charge on any atom is 0.150 e. The van der Waals surface area contributed by atoms with Crippen molar-refractivity contribution in [2.24, 2.45) is 5.73 Å².